The molecule has 1 aliphatic heterocycles. The minimum atomic E-state index is -0.458. The van der Waals surface area contributed by atoms with E-state index in [1.54, 1.807) is 6.92 Å². The third-order valence-electron chi connectivity index (χ3n) is 3.58. The minimum Gasteiger partial charge on any atom is -0.490 e. The van der Waals surface area contributed by atoms with Crippen LogP contribution < -0.4 is 15.2 Å². The second-order valence-corrected chi connectivity index (χ2v) is 5.23. The average Bonchev–Trinajstić information content (AvgIpc) is 2.47. The zero-order valence-corrected chi connectivity index (χ0v) is 13.0. The Bertz CT molecular complexity index is 514. The molecule has 0 aliphatic carbocycles. The highest BCUT2D eigenvalue weighted by Crippen LogP contribution is 2.33. The molecule has 0 saturated heterocycles. The van der Waals surface area contributed by atoms with Crippen LogP contribution in [0.1, 0.15) is 31.9 Å². The molecular weight excluding hydrogens is 268 g/mol. The molecule has 2 N–H and O–H groups in total. The van der Waals surface area contributed by atoms with Gasteiger partial charge in [0.15, 0.2) is 11.5 Å². The highest BCUT2D eigenvalue weighted by molar-refractivity contribution is 5.81. The molecule has 0 fully saturated rings. The van der Waals surface area contributed by atoms with Crippen LogP contribution in [0.3, 0.4) is 0 Å². The van der Waals surface area contributed by atoms with Crippen molar-refractivity contribution in [2.24, 2.45) is 5.73 Å². The molecule has 1 atom stereocenters. The van der Waals surface area contributed by atoms with Gasteiger partial charge in [-0.15, -0.1) is 0 Å². The van der Waals surface area contributed by atoms with Crippen LogP contribution in [-0.2, 0) is 17.8 Å². The van der Waals surface area contributed by atoms with Gasteiger partial charge in [-0.05, 0) is 50.5 Å². The molecule has 1 aliphatic rings. The molecule has 21 heavy (non-hydrogen) atoms. The number of ether oxygens (including phenoxy) is 2. The van der Waals surface area contributed by atoms with Gasteiger partial charge in [-0.25, -0.2) is 0 Å². The number of nitrogens with zero attached hydrogens (tertiary/aromatic N) is 1. The standard InChI is InChI=1S/C16H24N2O3/c1-4-20-14-8-12-6-7-18(16(19)11(3)17)10-13(12)9-15(14)21-5-2/h8-9,11H,4-7,10,17H2,1-3H3/t11-/m1/s1. The number of benzene rings is 1. The molecule has 1 aromatic carbocycles. The average molecular weight is 292 g/mol. The predicted molar refractivity (Wildman–Crippen MR) is 81.6 cm³/mol. The molecule has 0 saturated carbocycles. The third-order valence-corrected chi connectivity index (χ3v) is 3.58. The maximum atomic E-state index is 12.0. The Kier molecular flexibility index (Phi) is 5.07. The number of carbonyl (C=O) groups is 1. The van der Waals surface area contributed by atoms with Crippen molar-refractivity contribution in [1.29, 1.82) is 0 Å². The van der Waals surface area contributed by atoms with Gasteiger partial charge in [-0.1, -0.05) is 0 Å². The van der Waals surface area contributed by atoms with Crippen molar-refractivity contribution in [3.8, 4) is 11.5 Å². The number of rotatable bonds is 5. The quantitative estimate of drug-likeness (QED) is 0.897. The summed E-state index contributed by atoms with van der Waals surface area (Å²) in [6, 6.07) is 3.57. The lowest BCUT2D eigenvalue weighted by Gasteiger charge is -2.30. The molecule has 0 bridgehead atoms. The van der Waals surface area contributed by atoms with Crippen LogP contribution in [0.5, 0.6) is 11.5 Å². The minimum absolute atomic E-state index is 0.00695. The molecule has 0 radical (unpaired) electrons. The van der Waals surface area contributed by atoms with Crippen LogP contribution >= 0.6 is 0 Å². The fourth-order valence-corrected chi connectivity index (χ4v) is 2.58. The SMILES string of the molecule is CCOc1cc2c(cc1OCC)CN(C(=O)[C@@H](C)N)CC2. The van der Waals surface area contributed by atoms with Crippen LogP contribution in [0.4, 0.5) is 0 Å². The van der Waals surface area contributed by atoms with E-state index in [4.69, 9.17) is 15.2 Å². The summed E-state index contributed by atoms with van der Waals surface area (Å²) in [6.07, 6.45) is 0.820. The number of carbonyl (C=O) groups excluding carboxylic acids is 1. The molecule has 116 valence electrons. The van der Waals surface area contributed by atoms with Crippen molar-refractivity contribution in [3.05, 3.63) is 23.3 Å². The first-order valence-corrected chi connectivity index (χ1v) is 7.52. The molecule has 2 rings (SSSR count). The van der Waals surface area contributed by atoms with Gasteiger partial charge in [0.1, 0.15) is 0 Å². The Hall–Kier alpha value is -1.75. The summed E-state index contributed by atoms with van der Waals surface area (Å²) < 4.78 is 11.3. The van der Waals surface area contributed by atoms with Crippen molar-refractivity contribution in [1.82, 2.24) is 4.90 Å². The van der Waals surface area contributed by atoms with Crippen molar-refractivity contribution < 1.29 is 14.3 Å². The van der Waals surface area contributed by atoms with Gasteiger partial charge in [0.25, 0.3) is 0 Å². The second-order valence-electron chi connectivity index (χ2n) is 5.23. The molecule has 0 spiro atoms. The van der Waals surface area contributed by atoms with Gasteiger partial charge in [0, 0.05) is 13.1 Å². The largest absolute Gasteiger partial charge is 0.490 e. The molecule has 5 heteroatoms. The molecule has 1 amide bonds. The molecule has 1 aromatic rings. The highest BCUT2D eigenvalue weighted by Gasteiger charge is 2.24. The van der Waals surface area contributed by atoms with Gasteiger partial charge in [-0.2, -0.15) is 0 Å². The van der Waals surface area contributed by atoms with E-state index in [1.165, 1.54) is 5.56 Å². The molecule has 5 nitrogen and oxygen atoms in total. The number of amides is 1. The van der Waals surface area contributed by atoms with Crippen LogP contribution in [-0.4, -0.2) is 36.6 Å². The van der Waals surface area contributed by atoms with Crippen molar-refractivity contribution in [3.63, 3.8) is 0 Å². The maximum absolute atomic E-state index is 12.0. The first kappa shape index (κ1) is 15.6. The lowest BCUT2D eigenvalue weighted by molar-refractivity contribution is -0.133. The predicted octanol–water partition coefficient (Wildman–Crippen LogP) is 1.72. The van der Waals surface area contributed by atoms with E-state index < -0.39 is 6.04 Å². The lowest BCUT2D eigenvalue weighted by atomic mass is 9.98. The Morgan fingerprint density at radius 2 is 1.81 bits per heavy atom. The highest BCUT2D eigenvalue weighted by atomic mass is 16.5. The lowest BCUT2D eigenvalue weighted by Crippen LogP contribution is -2.44. The summed E-state index contributed by atoms with van der Waals surface area (Å²) in [6.45, 7) is 8.10. The Morgan fingerprint density at radius 3 is 2.33 bits per heavy atom. The second kappa shape index (κ2) is 6.80. The topological polar surface area (TPSA) is 64.8 Å². The third kappa shape index (κ3) is 3.47. The fourth-order valence-electron chi connectivity index (χ4n) is 2.58. The monoisotopic (exact) mass is 292 g/mol. The van der Waals surface area contributed by atoms with E-state index in [2.05, 4.69) is 0 Å². The summed E-state index contributed by atoms with van der Waals surface area (Å²) >= 11 is 0. The van der Waals surface area contributed by atoms with Gasteiger partial charge in [-0.3, -0.25) is 4.79 Å². The van der Waals surface area contributed by atoms with Crippen molar-refractivity contribution in [2.75, 3.05) is 19.8 Å². The normalized spacial score (nSPS) is 15.3. The van der Waals surface area contributed by atoms with Crippen molar-refractivity contribution in [2.45, 2.75) is 39.8 Å². The molecular formula is C16H24N2O3. The molecule has 0 aromatic heterocycles. The first-order chi connectivity index (χ1) is 10.1. The fraction of sp³-hybridized carbons (Fsp3) is 0.562. The van der Waals surface area contributed by atoms with E-state index in [0.29, 0.717) is 26.3 Å². The molecule has 0 unspecified atom stereocenters. The van der Waals surface area contributed by atoms with Crippen LogP contribution in [0.2, 0.25) is 0 Å². The number of hydrogen-bond donors (Lipinski definition) is 1. The Balaban J connectivity index is 2.26. The number of hydrogen-bond acceptors (Lipinski definition) is 4. The number of fused-ring (bicyclic) bond motifs is 1. The van der Waals surface area contributed by atoms with Gasteiger partial charge in [0.05, 0.1) is 19.3 Å². The van der Waals surface area contributed by atoms with E-state index in [1.807, 2.05) is 30.9 Å². The number of nitrogens with two attached hydrogens (primary N) is 1. The van der Waals surface area contributed by atoms with E-state index >= 15 is 0 Å². The summed E-state index contributed by atoms with van der Waals surface area (Å²) in [7, 11) is 0. The van der Waals surface area contributed by atoms with E-state index in [9.17, 15) is 4.79 Å². The summed E-state index contributed by atoms with van der Waals surface area (Å²) in [5.41, 5.74) is 8.02. The van der Waals surface area contributed by atoms with Crippen LogP contribution in [0.15, 0.2) is 12.1 Å². The van der Waals surface area contributed by atoms with Crippen molar-refractivity contribution >= 4 is 5.91 Å². The Labute approximate surface area is 126 Å². The maximum Gasteiger partial charge on any atom is 0.239 e. The van der Waals surface area contributed by atoms with Crippen LogP contribution in [0, 0.1) is 0 Å². The van der Waals surface area contributed by atoms with Gasteiger partial charge in [0.2, 0.25) is 5.91 Å². The van der Waals surface area contributed by atoms with Crippen LogP contribution in [0.25, 0.3) is 0 Å². The van der Waals surface area contributed by atoms with E-state index in [-0.39, 0.29) is 5.91 Å². The van der Waals surface area contributed by atoms with E-state index in [0.717, 1.165) is 23.5 Å². The summed E-state index contributed by atoms with van der Waals surface area (Å²) in [4.78, 5) is 13.8. The summed E-state index contributed by atoms with van der Waals surface area (Å²) in [5.74, 6) is 1.52. The molecule has 1 heterocycles. The Morgan fingerprint density at radius 1 is 1.24 bits per heavy atom. The zero-order valence-electron chi connectivity index (χ0n) is 13.0. The zero-order chi connectivity index (χ0) is 15.4. The van der Waals surface area contributed by atoms with Gasteiger partial charge < -0.3 is 20.1 Å². The smallest absolute Gasteiger partial charge is 0.239 e. The summed E-state index contributed by atoms with van der Waals surface area (Å²) in [5, 5.41) is 0. The van der Waals surface area contributed by atoms with Gasteiger partial charge >= 0.3 is 0 Å². The first-order valence-electron chi connectivity index (χ1n) is 7.52.